The quantitative estimate of drug-likeness (QED) is 0.518. The van der Waals surface area contributed by atoms with Gasteiger partial charge in [0.25, 0.3) is 0 Å². The van der Waals surface area contributed by atoms with E-state index in [1.165, 1.54) is 0 Å². The van der Waals surface area contributed by atoms with Crippen LogP contribution in [0.4, 0.5) is 0 Å². The van der Waals surface area contributed by atoms with Gasteiger partial charge in [-0.2, -0.15) is 0 Å². The van der Waals surface area contributed by atoms with E-state index in [-0.39, 0.29) is 22.5 Å². The van der Waals surface area contributed by atoms with Gasteiger partial charge in [0.05, 0.1) is 18.1 Å². The summed E-state index contributed by atoms with van der Waals surface area (Å²) in [4.78, 5) is 0. The molecule has 0 unspecified atom stereocenters. The highest BCUT2D eigenvalue weighted by Crippen LogP contribution is 2.75. The van der Waals surface area contributed by atoms with Gasteiger partial charge in [0.2, 0.25) is 0 Å². The van der Waals surface area contributed by atoms with Gasteiger partial charge in [0.15, 0.2) is 6.49 Å². The van der Waals surface area contributed by atoms with Gasteiger partial charge in [-0.3, -0.25) is 0 Å². The Morgan fingerprint density at radius 1 is 0.762 bits per heavy atom. The van der Waals surface area contributed by atoms with Crippen molar-refractivity contribution in [1.82, 2.24) is 0 Å². The van der Waals surface area contributed by atoms with Crippen molar-refractivity contribution in [3.05, 3.63) is 0 Å². The fraction of sp³-hybridized carbons (Fsp3) is 1.00. The first-order chi connectivity index (χ1) is 9.04. The zero-order valence-corrected chi connectivity index (χ0v) is 18.8. The van der Waals surface area contributed by atoms with Crippen LogP contribution in [0.2, 0.25) is 0 Å². The Kier molecular flexibility index (Phi) is 7.84. The van der Waals surface area contributed by atoms with Crippen LogP contribution >= 0.6 is 12.5 Å². The van der Waals surface area contributed by atoms with Gasteiger partial charge in [-0.1, -0.05) is 53.3 Å². The van der Waals surface area contributed by atoms with E-state index < -0.39 is 12.5 Å². The van der Waals surface area contributed by atoms with Crippen LogP contribution in [-0.4, -0.2) is 28.4 Å². The molecule has 2 nitrogen and oxygen atoms in total. The molecule has 21 heavy (non-hydrogen) atoms. The van der Waals surface area contributed by atoms with E-state index in [9.17, 15) is 0 Å². The summed E-state index contributed by atoms with van der Waals surface area (Å²) in [5.41, 5.74) is 0. The second kappa shape index (κ2) is 7.41. The van der Waals surface area contributed by atoms with Crippen molar-refractivity contribution in [2.24, 2.45) is 0 Å². The highest BCUT2D eigenvalue weighted by atomic mass is 32.5. The number of rotatable bonds is 6. The summed E-state index contributed by atoms with van der Waals surface area (Å²) in [6.45, 7) is 19.1. The molecule has 0 fully saturated rings. The zero-order chi connectivity index (χ0) is 17.3. The Morgan fingerprint density at radius 2 is 1.05 bits per heavy atom. The molecule has 128 valence electrons. The minimum atomic E-state index is -2.37. The lowest BCUT2D eigenvalue weighted by atomic mass is 10.2. The van der Waals surface area contributed by atoms with Gasteiger partial charge in [-0.25, -0.2) is 0 Å². The summed E-state index contributed by atoms with van der Waals surface area (Å²) >= 11 is 12.1. The van der Waals surface area contributed by atoms with Crippen molar-refractivity contribution in [1.29, 1.82) is 0 Å². The molecule has 0 saturated heterocycles. The molecule has 0 saturated carbocycles. The van der Waals surface area contributed by atoms with Crippen LogP contribution in [0.1, 0.15) is 69.2 Å². The molecule has 0 spiro atoms. The fourth-order valence-electron chi connectivity index (χ4n) is 2.41. The van der Waals surface area contributed by atoms with Crippen molar-refractivity contribution in [2.45, 2.75) is 91.8 Å². The molecule has 0 N–H and O–H groups in total. The van der Waals surface area contributed by atoms with Crippen LogP contribution in [0.3, 0.4) is 0 Å². The van der Waals surface area contributed by atoms with Gasteiger partial charge >= 0.3 is 0 Å². The lowest BCUT2D eigenvalue weighted by molar-refractivity contribution is 0.177. The summed E-state index contributed by atoms with van der Waals surface area (Å²) in [5.74, 6) is 0.730. The molecule has 0 atom stereocenters. The average molecular weight is 373 g/mol. The maximum absolute atomic E-state index is 6.24. The first-order valence-corrected chi connectivity index (χ1v) is 13.4. The van der Waals surface area contributed by atoms with Gasteiger partial charge in [0, 0.05) is 0 Å². The fourth-order valence-corrected chi connectivity index (χ4v) is 16.3. The topological polar surface area (TPSA) is 18.5 Å². The van der Waals surface area contributed by atoms with Crippen LogP contribution in [-0.2, 0) is 32.7 Å². The standard InChI is InChI=1S/C15H34O2P2S2/c1-12(2)16-19(21,17-13(3)4)11-18(20,14(5,6)7)15(8,9)10/h12-13H,11H2,1-10H3. The van der Waals surface area contributed by atoms with Crippen LogP contribution in [0.15, 0.2) is 0 Å². The van der Waals surface area contributed by atoms with Gasteiger partial charge in [-0.05, 0) is 55.9 Å². The largest absolute Gasteiger partial charge is 0.326 e. The second-order valence-electron chi connectivity index (χ2n) is 8.14. The molecule has 0 aromatic carbocycles. The Hall–Kier alpha value is 1.22. The molecule has 0 heterocycles. The van der Waals surface area contributed by atoms with Crippen molar-refractivity contribution in [3.8, 4) is 0 Å². The zero-order valence-electron chi connectivity index (χ0n) is 15.4. The lowest BCUT2D eigenvalue weighted by Crippen LogP contribution is -2.31. The smallest absolute Gasteiger partial charge is 0.194 e. The molecule has 0 aliphatic rings. The average Bonchev–Trinajstić information content (AvgIpc) is 2.09. The first kappa shape index (κ1) is 22.2. The van der Waals surface area contributed by atoms with E-state index >= 15 is 0 Å². The SMILES string of the molecule is CC(C)OP(=S)(CP(=S)(C(C)(C)C)C(C)(C)C)OC(C)C. The molecule has 0 aromatic heterocycles. The molecule has 0 radical (unpaired) electrons. The second-order valence-corrected chi connectivity index (χ2v) is 18.6. The maximum Gasteiger partial charge on any atom is 0.194 e. The molecule has 0 amide bonds. The minimum absolute atomic E-state index is 0.0469. The molecule has 0 bridgehead atoms. The highest BCUT2D eigenvalue weighted by Gasteiger charge is 2.45. The third-order valence-corrected chi connectivity index (χ3v) is 18.0. The first-order valence-electron chi connectivity index (χ1n) is 7.59. The summed E-state index contributed by atoms with van der Waals surface area (Å²) in [6.07, 6.45) is 0.135. The van der Waals surface area contributed by atoms with Crippen molar-refractivity contribution in [2.75, 3.05) is 5.90 Å². The van der Waals surface area contributed by atoms with Crippen LogP contribution < -0.4 is 0 Å². The molecule has 6 heteroatoms. The molecular weight excluding hydrogens is 338 g/mol. The van der Waals surface area contributed by atoms with E-state index in [1.807, 2.05) is 27.7 Å². The molecular formula is C15H34O2P2S2. The third-order valence-electron chi connectivity index (χ3n) is 3.28. The lowest BCUT2D eigenvalue weighted by Gasteiger charge is -2.47. The minimum Gasteiger partial charge on any atom is -0.326 e. The summed E-state index contributed by atoms with van der Waals surface area (Å²) in [7, 11) is 0. The van der Waals surface area contributed by atoms with Gasteiger partial charge in [0.1, 0.15) is 0 Å². The normalized spacial score (nSPS) is 15.0. The van der Waals surface area contributed by atoms with E-state index in [0.29, 0.717) is 0 Å². The molecule has 0 rings (SSSR count). The third kappa shape index (κ3) is 6.32. The summed E-state index contributed by atoms with van der Waals surface area (Å²) in [6, 6.07) is -1.79. The monoisotopic (exact) mass is 372 g/mol. The van der Waals surface area contributed by atoms with E-state index in [1.54, 1.807) is 0 Å². The molecule has 0 aromatic rings. The van der Waals surface area contributed by atoms with E-state index in [0.717, 1.165) is 5.90 Å². The van der Waals surface area contributed by atoms with Crippen LogP contribution in [0, 0.1) is 0 Å². The Labute approximate surface area is 142 Å². The highest BCUT2D eigenvalue weighted by molar-refractivity contribution is 8.23. The van der Waals surface area contributed by atoms with E-state index in [2.05, 4.69) is 41.5 Å². The Bertz CT molecular complexity index is 400. The summed E-state index contributed by atoms with van der Waals surface area (Å²) in [5, 5.41) is 0.0939. The molecule has 0 aliphatic carbocycles. The Balaban J connectivity index is 5.76. The number of hydrogen-bond acceptors (Lipinski definition) is 4. The predicted molar refractivity (Wildman–Crippen MR) is 105 cm³/mol. The van der Waals surface area contributed by atoms with Crippen LogP contribution in [0.5, 0.6) is 0 Å². The number of hydrogen-bond donors (Lipinski definition) is 0. The van der Waals surface area contributed by atoms with Gasteiger partial charge < -0.3 is 9.05 Å². The Morgan fingerprint density at radius 3 is 1.24 bits per heavy atom. The van der Waals surface area contributed by atoms with Crippen molar-refractivity contribution in [3.63, 3.8) is 0 Å². The molecule has 0 aliphatic heterocycles. The van der Waals surface area contributed by atoms with Crippen LogP contribution in [0.25, 0.3) is 0 Å². The van der Waals surface area contributed by atoms with E-state index in [4.69, 9.17) is 32.7 Å². The van der Waals surface area contributed by atoms with Gasteiger partial charge in [-0.15, -0.1) is 0 Å². The van der Waals surface area contributed by atoms with Crippen molar-refractivity contribution >= 4 is 36.1 Å². The maximum atomic E-state index is 6.24. The summed E-state index contributed by atoms with van der Waals surface area (Å²) < 4.78 is 12.2. The van der Waals surface area contributed by atoms with Crippen molar-refractivity contribution < 1.29 is 9.05 Å². The predicted octanol–water partition coefficient (Wildman–Crippen LogP) is 6.18.